The molecule has 23 heavy (non-hydrogen) atoms. The van der Waals surface area contributed by atoms with Crippen LogP contribution in [0.25, 0.3) is 0 Å². The summed E-state index contributed by atoms with van der Waals surface area (Å²) in [5, 5.41) is 0. The van der Waals surface area contributed by atoms with Gasteiger partial charge in [0.1, 0.15) is 5.75 Å². The number of nitrogens with two attached hydrogens (primary N) is 1. The van der Waals surface area contributed by atoms with Crippen LogP contribution in [0.15, 0.2) is 48.5 Å². The Morgan fingerprint density at radius 3 is 2.57 bits per heavy atom. The van der Waals surface area contributed by atoms with Gasteiger partial charge in [0.25, 0.3) is 0 Å². The molecule has 0 heterocycles. The molecule has 2 N–H and O–H groups in total. The Kier molecular flexibility index (Phi) is 5.35. The van der Waals surface area contributed by atoms with Gasteiger partial charge in [-0.15, -0.1) is 0 Å². The molecule has 2 heteroatoms. The van der Waals surface area contributed by atoms with Crippen molar-refractivity contribution >= 4 is 0 Å². The monoisotopic (exact) mass is 309 g/mol. The average Bonchev–Trinajstić information content (AvgIpc) is 3.39. The first-order valence-corrected chi connectivity index (χ1v) is 8.78. The van der Waals surface area contributed by atoms with Gasteiger partial charge in [-0.05, 0) is 60.8 Å². The molecule has 0 amide bonds. The van der Waals surface area contributed by atoms with E-state index in [1.165, 1.54) is 29.5 Å². The predicted octanol–water partition coefficient (Wildman–Crippen LogP) is 4.35. The Hall–Kier alpha value is -1.80. The number of hydrogen-bond acceptors (Lipinski definition) is 2. The van der Waals surface area contributed by atoms with Crippen molar-refractivity contribution in [2.75, 3.05) is 6.61 Å². The summed E-state index contributed by atoms with van der Waals surface area (Å²) in [7, 11) is 0. The predicted molar refractivity (Wildman–Crippen MR) is 95.9 cm³/mol. The summed E-state index contributed by atoms with van der Waals surface area (Å²) in [5.74, 6) is 1.80. The minimum atomic E-state index is 0.199. The fourth-order valence-corrected chi connectivity index (χ4v) is 2.79. The maximum absolute atomic E-state index is 6.19. The van der Waals surface area contributed by atoms with Crippen LogP contribution in [0.5, 0.6) is 5.75 Å². The van der Waals surface area contributed by atoms with Crippen LogP contribution in [-0.4, -0.2) is 12.6 Å². The number of rotatable bonds is 8. The fourth-order valence-electron chi connectivity index (χ4n) is 2.79. The van der Waals surface area contributed by atoms with Crippen LogP contribution < -0.4 is 10.5 Å². The third kappa shape index (κ3) is 4.84. The molecule has 2 aromatic carbocycles. The smallest absolute Gasteiger partial charge is 0.122 e. The Balaban J connectivity index is 1.76. The second-order valence-electron chi connectivity index (χ2n) is 6.73. The van der Waals surface area contributed by atoms with E-state index in [2.05, 4.69) is 55.5 Å². The fraction of sp³-hybridized carbons (Fsp3) is 0.429. The lowest BCUT2D eigenvalue weighted by atomic mass is 9.98. The van der Waals surface area contributed by atoms with E-state index in [0.29, 0.717) is 0 Å². The Morgan fingerprint density at radius 2 is 1.87 bits per heavy atom. The highest BCUT2D eigenvalue weighted by molar-refractivity contribution is 5.40. The first-order chi connectivity index (χ1) is 11.2. The molecule has 0 aromatic heterocycles. The molecule has 122 valence electrons. The van der Waals surface area contributed by atoms with Gasteiger partial charge in [-0.2, -0.15) is 0 Å². The zero-order valence-corrected chi connectivity index (χ0v) is 14.0. The second-order valence-corrected chi connectivity index (χ2v) is 6.73. The van der Waals surface area contributed by atoms with Gasteiger partial charge in [0.2, 0.25) is 0 Å². The molecule has 1 aliphatic rings. The molecular weight excluding hydrogens is 282 g/mol. The average molecular weight is 309 g/mol. The van der Waals surface area contributed by atoms with Crippen molar-refractivity contribution in [1.82, 2.24) is 0 Å². The molecule has 1 atom stereocenters. The van der Waals surface area contributed by atoms with E-state index < -0.39 is 0 Å². The molecule has 1 unspecified atom stereocenters. The largest absolute Gasteiger partial charge is 0.493 e. The van der Waals surface area contributed by atoms with Crippen molar-refractivity contribution < 1.29 is 4.74 Å². The summed E-state index contributed by atoms with van der Waals surface area (Å²) < 4.78 is 6.06. The molecule has 1 aliphatic carbocycles. The van der Waals surface area contributed by atoms with Crippen LogP contribution in [0.2, 0.25) is 0 Å². The highest BCUT2D eigenvalue weighted by Gasteiger charge is 2.22. The normalized spacial score (nSPS) is 15.4. The molecule has 2 aromatic rings. The van der Waals surface area contributed by atoms with Crippen LogP contribution in [-0.2, 0) is 12.8 Å². The third-order valence-electron chi connectivity index (χ3n) is 4.55. The zero-order chi connectivity index (χ0) is 16.1. The summed E-state index contributed by atoms with van der Waals surface area (Å²) >= 11 is 0. The lowest BCUT2D eigenvalue weighted by molar-refractivity contribution is 0.296. The highest BCUT2D eigenvalue weighted by atomic mass is 16.5. The van der Waals surface area contributed by atoms with Crippen LogP contribution in [0.1, 0.15) is 42.9 Å². The standard InChI is InChI=1S/C21H27NO/c1-2-20(22)14-19-13-18(12-16-6-4-3-5-7-16)10-11-21(19)23-15-17-8-9-17/h3-7,10-11,13,17,20H,2,8-9,12,14-15,22H2,1H3. The van der Waals surface area contributed by atoms with E-state index >= 15 is 0 Å². The first kappa shape index (κ1) is 16.1. The van der Waals surface area contributed by atoms with Crippen molar-refractivity contribution in [1.29, 1.82) is 0 Å². The minimum Gasteiger partial charge on any atom is -0.493 e. The summed E-state index contributed by atoms with van der Waals surface area (Å²) in [4.78, 5) is 0. The van der Waals surface area contributed by atoms with Crippen LogP contribution in [0, 0.1) is 5.92 Å². The second kappa shape index (κ2) is 7.65. The van der Waals surface area contributed by atoms with Crippen molar-refractivity contribution in [3.05, 3.63) is 65.2 Å². The van der Waals surface area contributed by atoms with Crippen LogP contribution in [0.4, 0.5) is 0 Å². The van der Waals surface area contributed by atoms with Gasteiger partial charge < -0.3 is 10.5 Å². The van der Waals surface area contributed by atoms with Gasteiger partial charge in [0.15, 0.2) is 0 Å². The third-order valence-corrected chi connectivity index (χ3v) is 4.55. The Labute approximate surface area is 139 Å². The number of ether oxygens (including phenoxy) is 1. The summed E-state index contributed by atoms with van der Waals surface area (Å²) in [5.41, 5.74) is 10.1. The SMILES string of the molecule is CCC(N)Cc1cc(Cc2ccccc2)ccc1OCC1CC1. The van der Waals surface area contributed by atoms with Crippen LogP contribution >= 0.6 is 0 Å². The lowest BCUT2D eigenvalue weighted by Gasteiger charge is -2.16. The summed E-state index contributed by atoms with van der Waals surface area (Å²) in [6.45, 7) is 3.00. The number of hydrogen-bond donors (Lipinski definition) is 1. The molecule has 0 radical (unpaired) electrons. The van der Waals surface area contributed by atoms with Gasteiger partial charge in [-0.1, -0.05) is 49.4 Å². The van der Waals surface area contributed by atoms with Crippen molar-refractivity contribution in [2.45, 2.75) is 45.1 Å². The summed E-state index contributed by atoms with van der Waals surface area (Å²) in [6.07, 6.45) is 5.47. The van der Waals surface area contributed by atoms with Gasteiger partial charge in [-0.25, -0.2) is 0 Å². The molecule has 3 rings (SSSR count). The van der Waals surface area contributed by atoms with Crippen molar-refractivity contribution in [3.8, 4) is 5.75 Å². The maximum atomic E-state index is 6.19. The molecular formula is C21H27NO. The van der Waals surface area contributed by atoms with E-state index in [1.807, 2.05) is 0 Å². The lowest BCUT2D eigenvalue weighted by Crippen LogP contribution is -2.22. The van der Waals surface area contributed by atoms with Crippen molar-refractivity contribution in [2.24, 2.45) is 11.7 Å². The molecule has 1 saturated carbocycles. The van der Waals surface area contributed by atoms with E-state index in [1.54, 1.807) is 0 Å². The molecule has 0 spiro atoms. The molecule has 0 aliphatic heterocycles. The summed E-state index contributed by atoms with van der Waals surface area (Å²) in [6, 6.07) is 17.4. The topological polar surface area (TPSA) is 35.2 Å². The maximum Gasteiger partial charge on any atom is 0.122 e. The quantitative estimate of drug-likeness (QED) is 0.787. The van der Waals surface area contributed by atoms with Crippen LogP contribution in [0.3, 0.4) is 0 Å². The molecule has 0 saturated heterocycles. The highest BCUT2D eigenvalue weighted by Crippen LogP contribution is 2.31. The van der Waals surface area contributed by atoms with E-state index in [-0.39, 0.29) is 6.04 Å². The van der Waals surface area contributed by atoms with Gasteiger partial charge in [0.05, 0.1) is 6.61 Å². The van der Waals surface area contributed by atoms with Crippen molar-refractivity contribution in [3.63, 3.8) is 0 Å². The zero-order valence-electron chi connectivity index (χ0n) is 14.0. The van der Waals surface area contributed by atoms with Gasteiger partial charge >= 0.3 is 0 Å². The first-order valence-electron chi connectivity index (χ1n) is 8.78. The molecule has 1 fully saturated rings. The minimum absolute atomic E-state index is 0.199. The Bertz CT molecular complexity index is 619. The van der Waals surface area contributed by atoms with E-state index in [0.717, 1.165) is 37.5 Å². The molecule has 2 nitrogen and oxygen atoms in total. The Morgan fingerprint density at radius 1 is 1.09 bits per heavy atom. The molecule has 0 bridgehead atoms. The van der Waals surface area contributed by atoms with E-state index in [4.69, 9.17) is 10.5 Å². The number of benzene rings is 2. The van der Waals surface area contributed by atoms with Gasteiger partial charge in [-0.3, -0.25) is 0 Å². The van der Waals surface area contributed by atoms with E-state index in [9.17, 15) is 0 Å². The van der Waals surface area contributed by atoms with Gasteiger partial charge in [0, 0.05) is 6.04 Å².